The third-order valence-electron chi connectivity index (χ3n) is 4.11. The van der Waals surface area contributed by atoms with Crippen LogP contribution in [-0.2, 0) is 17.8 Å². The Balaban J connectivity index is 2.01. The van der Waals surface area contributed by atoms with E-state index in [9.17, 15) is 9.90 Å². The molecule has 0 saturated carbocycles. The fourth-order valence-electron chi connectivity index (χ4n) is 3.09. The Morgan fingerprint density at radius 2 is 1.90 bits per heavy atom. The number of aliphatic carboxylic acids is 1. The summed E-state index contributed by atoms with van der Waals surface area (Å²) in [5.41, 5.74) is 2.56. The number of hydrogen-bond acceptors (Lipinski definition) is 2. The van der Waals surface area contributed by atoms with Crippen molar-refractivity contribution in [1.29, 1.82) is 0 Å². The molecule has 2 unspecified atom stereocenters. The maximum Gasteiger partial charge on any atom is 0.321 e. The second-order valence-corrected chi connectivity index (χ2v) is 6.43. The maximum absolute atomic E-state index is 11.3. The van der Waals surface area contributed by atoms with Crippen LogP contribution in [0.25, 0.3) is 0 Å². The van der Waals surface area contributed by atoms with E-state index < -0.39 is 5.97 Å². The molecule has 3 heteroatoms. The summed E-state index contributed by atoms with van der Waals surface area (Å²) in [5, 5.41) is 9.33. The zero-order chi connectivity index (χ0) is 14.7. The normalized spacial score (nSPS) is 23.4. The average molecular weight is 275 g/mol. The minimum atomic E-state index is -0.688. The van der Waals surface area contributed by atoms with Gasteiger partial charge < -0.3 is 5.11 Å². The van der Waals surface area contributed by atoms with Gasteiger partial charge in [-0.15, -0.1) is 0 Å². The molecule has 20 heavy (non-hydrogen) atoms. The van der Waals surface area contributed by atoms with Gasteiger partial charge in [-0.25, -0.2) is 0 Å². The van der Waals surface area contributed by atoms with Gasteiger partial charge in [-0.1, -0.05) is 45.0 Å². The highest BCUT2D eigenvalue weighted by molar-refractivity contribution is 5.74. The van der Waals surface area contributed by atoms with E-state index in [1.807, 2.05) is 6.92 Å². The smallest absolute Gasteiger partial charge is 0.321 e. The number of likely N-dealkylation sites (tertiary alicyclic amines) is 1. The molecule has 110 valence electrons. The van der Waals surface area contributed by atoms with Gasteiger partial charge in [-0.2, -0.15) is 0 Å². The molecule has 1 aliphatic rings. The monoisotopic (exact) mass is 275 g/mol. The molecule has 0 aliphatic carbocycles. The fourth-order valence-corrected chi connectivity index (χ4v) is 3.09. The van der Waals surface area contributed by atoms with Crippen molar-refractivity contribution in [3.05, 3.63) is 35.4 Å². The van der Waals surface area contributed by atoms with E-state index in [0.29, 0.717) is 5.92 Å². The Labute approximate surface area is 121 Å². The van der Waals surface area contributed by atoms with Crippen LogP contribution in [0, 0.1) is 11.8 Å². The Hall–Kier alpha value is -1.35. The Kier molecular flexibility index (Phi) is 4.81. The van der Waals surface area contributed by atoms with Gasteiger partial charge >= 0.3 is 5.97 Å². The highest BCUT2D eigenvalue weighted by Gasteiger charge is 2.36. The third kappa shape index (κ3) is 3.60. The molecule has 1 saturated heterocycles. The van der Waals surface area contributed by atoms with E-state index in [4.69, 9.17) is 0 Å². The van der Waals surface area contributed by atoms with Crippen LogP contribution in [0.4, 0.5) is 0 Å². The average Bonchev–Trinajstić information content (AvgIpc) is 2.72. The molecule has 0 amide bonds. The second-order valence-electron chi connectivity index (χ2n) is 6.43. The van der Waals surface area contributed by atoms with E-state index in [2.05, 4.69) is 43.0 Å². The van der Waals surface area contributed by atoms with Crippen molar-refractivity contribution in [3.8, 4) is 0 Å². The molecule has 2 atom stereocenters. The molecule has 1 aromatic rings. The van der Waals surface area contributed by atoms with E-state index in [1.165, 1.54) is 11.1 Å². The summed E-state index contributed by atoms with van der Waals surface area (Å²) < 4.78 is 0. The first-order valence-corrected chi connectivity index (χ1v) is 7.52. The van der Waals surface area contributed by atoms with Crippen LogP contribution >= 0.6 is 0 Å². The first-order valence-electron chi connectivity index (χ1n) is 7.52. The molecule has 0 aromatic heterocycles. The van der Waals surface area contributed by atoms with Crippen molar-refractivity contribution in [2.75, 3.05) is 6.54 Å². The van der Waals surface area contributed by atoms with Gasteiger partial charge in [0.2, 0.25) is 0 Å². The van der Waals surface area contributed by atoms with Crippen molar-refractivity contribution in [3.63, 3.8) is 0 Å². The zero-order valence-corrected chi connectivity index (χ0v) is 12.7. The lowest BCUT2D eigenvalue weighted by molar-refractivity contribution is -0.143. The SMILES string of the molecule is CC(C)Cc1ccc(CN2CCC(C)C2C(=O)O)cc1. The van der Waals surface area contributed by atoms with Crippen LogP contribution in [0.2, 0.25) is 0 Å². The Bertz CT molecular complexity index is 453. The first-order chi connectivity index (χ1) is 9.47. The number of carboxylic acid groups (broad SMARTS) is 1. The van der Waals surface area contributed by atoms with Crippen molar-refractivity contribution < 1.29 is 9.90 Å². The van der Waals surface area contributed by atoms with Crippen molar-refractivity contribution >= 4 is 5.97 Å². The van der Waals surface area contributed by atoms with Gasteiger partial charge in [0, 0.05) is 6.54 Å². The number of carboxylic acids is 1. The summed E-state index contributed by atoms with van der Waals surface area (Å²) in [6.07, 6.45) is 2.07. The summed E-state index contributed by atoms with van der Waals surface area (Å²) in [6.45, 7) is 8.09. The molecule has 0 spiro atoms. The second kappa shape index (κ2) is 6.40. The van der Waals surface area contributed by atoms with Crippen molar-refractivity contribution in [2.24, 2.45) is 11.8 Å². The summed E-state index contributed by atoms with van der Waals surface area (Å²) >= 11 is 0. The molecule has 2 rings (SSSR count). The van der Waals surface area contributed by atoms with E-state index in [1.54, 1.807) is 0 Å². The highest BCUT2D eigenvalue weighted by atomic mass is 16.4. The van der Waals surface area contributed by atoms with Crippen LogP contribution in [0.1, 0.15) is 38.3 Å². The predicted octanol–water partition coefficient (Wildman–Crippen LogP) is 3.18. The molecular weight excluding hydrogens is 250 g/mol. The van der Waals surface area contributed by atoms with Crippen LogP contribution < -0.4 is 0 Å². The molecule has 0 bridgehead atoms. The minimum Gasteiger partial charge on any atom is -0.480 e. The zero-order valence-electron chi connectivity index (χ0n) is 12.7. The van der Waals surface area contributed by atoms with Gasteiger partial charge in [0.15, 0.2) is 0 Å². The maximum atomic E-state index is 11.3. The first kappa shape index (κ1) is 15.0. The lowest BCUT2D eigenvalue weighted by Crippen LogP contribution is -2.38. The number of benzene rings is 1. The van der Waals surface area contributed by atoms with Gasteiger partial charge in [0.1, 0.15) is 6.04 Å². The number of carbonyl (C=O) groups is 1. The Morgan fingerprint density at radius 1 is 1.30 bits per heavy atom. The molecule has 3 nitrogen and oxygen atoms in total. The lowest BCUT2D eigenvalue weighted by atomic mass is 10.0. The molecule has 0 radical (unpaired) electrons. The standard InChI is InChI=1S/C17H25NO2/c1-12(2)10-14-4-6-15(7-5-14)11-18-9-8-13(3)16(18)17(19)20/h4-7,12-13,16H,8-11H2,1-3H3,(H,19,20). The van der Waals surface area contributed by atoms with Crippen molar-refractivity contribution in [2.45, 2.75) is 46.2 Å². The number of hydrogen-bond donors (Lipinski definition) is 1. The summed E-state index contributed by atoms with van der Waals surface area (Å²) in [6, 6.07) is 8.29. The predicted molar refractivity (Wildman–Crippen MR) is 80.6 cm³/mol. The fraction of sp³-hybridized carbons (Fsp3) is 0.588. The quantitative estimate of drug-likeness (QED) is 0.897. The molecule has 1 N–H and O–H groups in total. The minimum absolute atomic E-state index is 0.243. The number of nitrogens with zero attached hydrogens (tertiary/aromatic N) is 1. The van der Waals surface area contributed by atoms with E-state index >= 15 is 0 Å². The largest absolute Gasteiger partial charge is 0.480 e. The Morgan fingerprint density at radius 3 is 2.45 bits per heavy atom. The van der Waals surface area contributed by atoms with Gasteiger partial charge in [-0.3, -0.25) is 9.69 Å². The summed E-state index contributed by atoms with van der Waals surface area (Å²) in [4.78, 5) is 13.4. The van der Waals surface area contributed by atoms with Crippen LogP contribution in [0.15, 0.2) is 24.3 Å². The van der Waals surface area contributed by atoms with Gasteiger partial charge in [0.25, 0.3) is 0 Å². The highest BCUT2D eigenvalue weighted by Crippen LogP contribution is 2.26. The number of rotatable bonds is 5. The van der Waals surface area contributed by atoms with E-state index in [0.717, 1.165) is 25.9 Å². The van der Waals surface area contributed by atoms with E-state index in [-0.39, 0.29) is 12.0 Å². The molecule has 1 fully saturated rings. The molecule has 1 aromatic carbocycles. The summed E-state index contributed by atoms with van der Waals surface area (Å²) in [5.74, 6) is 0.218. The van der Waals surface area contributed by atoms with Crippen molar-refractivity contribution in [1.82, 2.24) is 4.90 Å². The topological polar surface area (TPSA) is 40.5 Å². The van der Waals surface area contributed by atoms with Gasteiger partial charge in [0.05, 0.1) is 0 Å². The third-order valence-corrected chi connectivity index (χ3v) is 4.11. The lowest BCUT2D eigenvalue weighted by Gasteiger charge is -2.23. The van der Waals surface area contributed by atoms with Crippen LogP contribution in [-0.4, -0.2) is 28.6 Å². The van der Waals surface area contributed by atoms with Gasteiger partial charge in [-0.05, 0) is 42.3 Å². The summed E-state index contributed by atoms with van der Waals surface area (Å²) in [7, 11) is 0. The molecule has 1 heterocycles. The molecular formula is C17H25NO2. The van der Waals surface area contributed by atoms with Crippen LogP contribution in [0.5, 0.6) is 0 Å². The van der Waals surface area contributed by atoms with Crippen LogP contribution in [0.3, 0.4) is 0 Å². The molecule has 1 aliphatic heterocycles.